The van der Waals surface area contributed by atoms with Gasteiger partial charge in [-0.1, -0.05) is 0 Å². The zero-order chi connectivity index (χ0) is 19.0. The second-order valence-corrected chi connectivity index (χ2v) is 9.43. The van der Waals surface area contributed by atoms with Crippen molar-refractivity contribution in [2.24, 2.45) is 4.99 Å². The molecular weight excluding hydrogens is 450 g/mol. The van der Waals surface area contributed by atoms with Gasteiger partial charge < -0.3 is 10.2 Å². The summed E-state index contributed by atoms with van der Waals surface area (Å²) < 4.78 is 13.8. The number of hydrogen-bond donors (Lipinski definition) is 1. The van der Waals surface area contributed by atoms with Crippen molar-refractivity contribution < 1.29 is 4.39 Å². The number of thioether (sulfide) groups is 1. The second-order valence-electron chi connectivity index (χ2n) is 7.18. The van der Waals surface area contributed by atoms with Gasteiger partial charge in [0.15, 0.2) is 0 Å². The highest BCUT2D eigenvalue weighted by Crippen LogP contribution is 2.39. The SMILES string of the molecule is CSCC[C@H]1CN(C2=Nc3ccc(F)cc3Nc3sc(C)cc32)CCN1C.Cl.Cl. The lowest BCUT2D eigenvalue weighted by atomic mass is 10.1. The second kappa shape index (κ2) is 10.4. The number of thiophene rings is 1. The largest absolute Gasteiger partial charge is 0.353 e. The first kappa shape index (κ1) is 24.3. The Morgan fingerprint density at radius 3 is 2.83 bits per heavy atom. The minimum absolute atomic E-state index is 0. The van der Waals surface area contributed by atoms with Crippen molar-refractivity contribution in [1.82, 2.24) is 9.80 Å². The maximum Gasteiger partial charge on any atom is 0.139 e. The van der Waals surface area contributed by atoms with Gasteiger partial charge in [0.25, 0.3) is 0 Å². The summed E-state index contributed by atoms with van der Waals surface area (Å²) in [5, 5.41) is 4.46. The number of aryl methyl sites for hydroxylation is 1. The Morgan fingerprint density at radius 2 is 2.07 bits per heavy atom. The fourth-order valence-electron chi connectivity index (χ4n) is 3.72. The third-order valence-electron chi connectivity index (χ3n) is 5.26. The molecule has 0 spiro atoms. The Morgan fingerprint density at radius 1 is 1.28 bits per heavy atom. The summed E-state index contributed by atoms with van der Waals surface area (Å²) in [5.41, 5.74) is 2.66. The van der Waals surface area contributed by atoms with E-state index in [1.165, 1.54) is 29.2 Å². The number of aliphatic imine (C=N–C) groups is 1. The number of rotatable bonds is 3. The summed E-state index contributed by atoms with van der Waals surface area (Å²) in [7, 11) is 2.22. The molecule has 0 aliphatic carbocycles. The Hall–Kier alpha value is -0.990. The predicted molar refractivity (Wildman–Crippen MR) is 130 cm³/mol. The first-order chi connectivity index (χ1) is 13.0. The van der Waals surface area contributed by atoms with Crippen LogP contribution in [0.3, 0.4) is 0 Å². The summed E-state index contributed by atoms with van der Waals surface area (Å²) in [5.74, 6) is 1.93. The maximum absolute atomic E-state index is 13.8. The van der Waals surface area contributed by atoms with Crippen LogP contribution in [-0.4, -0.2) is 60.4 Å². The molecule has 2 aliphatic rings. The molecule has 0 radical (unpaired) electrons. The van der Waals surface area contributed by atoms with Crippen LogP contribution in [0.4, 0.5) is 20.8 Å². The lowest BCUT2D eigenvalue weighted by Gasteiger charge is -2.41. The Balaban J connectivity index is 0.00000150. The fraction of sp³-hybridized carbons (Fsp3) is 0.450. The van der Waals surface area contributed by atoms with E-state index in [9.17, 15) is 4.39 Å². The number of likely N-dealkylation sites (N-methyl/N-ethyl adjacent to an activating group) is 1. The van der Waals surface area contributed by atoms with E-state index in [1.54, 1.807) is 17.4 Å². The predicted octanol–water partition coefficient (Wildman–Crippen LogP) is 5.54. The van der Waals surface area contributed by atoms with Crippen molar-refractivity contribution in [1.29, 1.82) is 0 Å². The molecule has 1 aromatic carbocycles. The van der Waals surface area contributed by atoms with Gasteiger partial charge in [-0.3, -0.25) is 4.90 Å². The third-order valence-corrected chi connectivity index (χ3v) is 6.87. The third kappa shape index (κ3) is 5.20. The standard InChI is InChI=1S/C20H25FN4S2.2ClH/c1-13-10-16-19(25-8-7-24(2)15(12-25)6-9-26-3)22-17-5-4-14(21)11-18(17)23-20(16)27-13;;/h4-5,10-11,15,23H,6-9,12H2,1-3H3;2*1H/t15-;;/m0../s1. The van der Waals surface area contributed by atoms with Gasteiger partial charge in [-0.2, -0.15) is 11.8 Å². The molecule has 4 rings (SSSR count). The Labute approximate surface area is 192 Å². The average molecular weight is 478 g/mol. The van der Waals surface area contributed by atoms with E-state index in [-0.39, 0.29) is 30.6 Å². The molecule has 4 nitrogen and oxygen atoms in total. The molecule has 9 heteroatoms. The van der Waals surface area contributed by atoms with Crippen LogP contribution in [0.5, 0.6) is 0 Å². The number of halogens is 3. The molecule has 0 unspecified atom stereocenters. The van der Waals surface area contributed by atoms with Crippen LogP contribution in [0, 0.1) is 12.7 Å². The maximum atomic E-state index is 13.8. The number of nitrogens with one attached hydrogen (secondary N) is 1. The minimum atomic E-state index is -0.244. The number of piperazine rings is 1. The molecule has 1 atom stereocenters. The molecule has 0 bridgehead atoms. The molecule has 3 heterocycles. The van der Waals surface area contributed by atoms with Crippen molar-refractivity contribution >= 4 is 70.1 Å². The van der Waals surface area contributed by atoms with Crippen molar-refractivity contribution in [3.8, 4) is 0 Å². The number of fused-ring (bicyclic) bond motifs is 2. The zero-order valence-electron chi connectivity index (χ0n) is 16.8. The number of nitrogens with zero attached hydrogens (tertiary/aromatic N) is 3. The summed E-state index contributed by atoms with van der Waals surface area (Å²) in [6.45, 7) is 5.06. The van der Waals surface area contributed by atoms with Crippen LogP contribution in [0.15, 0.2) is 29.3 Å². The van der Waals surface area contributed by atoms with E-state index in [1.807, 2.05) is 11.8 Å². The average Bonchev–Trinajstić information content (AvgIpc) is 2.93. The van der Waals surface area contributed by atoms with Gasteiger partial charge in [-0.15, -0.1) is 36.2 Å². The van der Waals surface area contributed by atoms with E-state index in [0.29, 0.717) is 6.04 Å². The van der Waals surface area contributed by atoms with Crippen LogP contribution in [0.1, 0.15) is 16.9 Å². The molecule has 1 aromatic heterocycles. The molecule has 1 fully saturated rings. The van der Waals surface area contributed by atoms with Crippen LogP contribution < -0.4 is 5.32 Å². The highest BCUT2D eigenvalue weighted by molar-refractivity contribution is 7.98. The smallest absolute Gasteiger partial charge is 0.139 e. The highest BCUT2D eigenvalue weighted by Gasteiger charge is 2.29. The molecule has 1 saturated heterocycles. The van der Waals surface area contributed by atoms with E-state index in [4.69, 9.17) is 4.99 Å². The van der Waals surface area contributed by atoms with Crippen LogP contribution in [0.25, 0.3) is 0 Å². The number of anilines is 2. The van der Waals surface area contributed by atoms with Gasteiger partial charge in [0, 0.05) is 30.6 Å². The fourth-order valence-corrected chi connectivity index (χ4v) is 5.15. The quantitative estimate of drug-likeness (QED) is 0.629. The minimum Gasteiger partial charge on any atom is -0.353 e. The number of benzene rings is 1. The van der Waals surface area contributed by atoms with Crippen LogP contribution in [-0.2, 0) is 0 Å². The van der Waals surface area contributed by atoms with E-state index in [2.05, 4.69) is 41.4 Å². The zero-order valence-corrected chi connectivity index (χ0v) is 20.0. The van der Waals surface area contributed by atoms with Gasteiger partial charge in [0.05, 0.1) is 16.9 Å². The topological polar surface area (TPSA) is 30.9 Å². The monoisotopic (exact) mass is 476 g/mol. The summed E-state index contributed by atoms with van der Waals surface area (Å²) >= 11 is 3.60. The molecule has 2 aliphatic heterocycles. The van der Waals surface area contributed by atoms with Gasteiger partial charge in [0.1, 0.15) is 16.7 Å². The van der Waals surface area contributed by atoms with Gasteiger partial charge in [-0.05, 0) is 56.7 Å². The molecule has 160 valence electrons. The summed E-state index contributed by atoms with van der Waals surface area (Å²) in [6.07, 6.45) is 3.34. The lowest BCUT2D eigenvalue weighted by Crippen LogP contribution is -2.53. The first-order valence-corrected chi connectivity index (χ1v) is 11.5. The normalized spacial score (nSPS) is 18.4. The highest BCUT2D eigenvalue weighted by atomic mass is 35.5. The van der Waals surface area contributed by atoms with Gasteiger partial charge in [-0.25, -0.2) is 9.38 Å². The number of amidine groups is 1. The van der Waals surface area contributed by atoms with Crippen molar-refractivity contribution in [2.45, 2.75) is 19.4 Å². The van der Waals surface area contributed by atoms with Crippen LogP contribution >= 0.6 is 47.9 Å². The lowest BCUT2D eigenvalue weighted by molar-refractivity contribution is 0.139. The van der Waals surface area contributed by atoms with E-state index < -0.39 is 0 Å². The van der Waals surface area contributed by atoms with Crippen molar-refractivity contribution in [3.05, 3.63) is 40.5 Å². The molecule has 1 N–H and O–H groups in total. The van der Waals surface area contributed by atoms with Gasteiger partial charge in [0.2, 0.25) is 0 Å². The van der Waals surface area contributed by atoms with Gasteiger partial charge >= 0.3 is 0 Å². The van der Waals surface area contributed by atoms with E-state index >= 15 is 0 Å². The number of hydrogen-bond acceptors (Lipinski definition) is 6. The molecule has 2 aromatic rings. The van der Waals surface area contributed by atoms with E-state index in [0.717, 1.165) is 47.4 Å². The molecule has 29 heavy (non-hydrogen) atoms. The molecule has 0 amide bonds. The Kier molecular flexibility index (Phi) is 8.67. The summed E-state index contributed by atoms with van der Waals surface area (Å²) in [6, 6.07) is 7.51. The Bertz CT molecular complexity index is 874. The first-order valence-electron chi connectivity index (χ1n) is 9.25. The molecule has 0 saturated carbocycles. The van der Waals surface area contributed by atoms with Crippen molar-refractivity contribution in [3.63, 3.8) is 0 Å². The summed E-state index contributed by atoms with van der Waals surface area (Å²) in [4.78, 5) is 11.1. The van der Waals surface area contributed by atoms with Crippen molar-refractivity contribution in [2.75, 3.05) is 44.0 Å². The van der Waals surface area contributed by atoms with Crippen LogP contribution in [0.2, 0.25) is 0 Å². The molecular formula is C20H27Cl2FN4S2.